The minimum atomic E-state index is -0.614. The van der Waals surface area contributed by atoms with Gasteiger partial charge in [-0.3, -0.25) is 0 Å². The van der Waals surface area contributed by atoms with Gasteiger partial charge in [0.25, 0.3) is 0 Å². The van der Waals surface area contributed by atoms with Crippen molar-refractivity contribution in [3.63, 3.8) is 0 Å². The maximum atomic E-state index is 13.7. The van der Waals surface area contributed by atoms with Crippen LogP contribution >= 0.6 is 0 Å². The minimum Gasteiger partial charge on any atom is -0.308 e. The van der Waals surface area contributed by atoms with E-state index in [0.717, 1.165) is 18.4 Å². The Morgan fingerprint density at radius 3 is 2.94 bits per heavy atom. The molecule has 2 heterocycles. The number of hydrogen-bond donors (Lipinski definition) is 1. The molecule has 4 nitrogen and oxygen atoms in total. The molecule has 0 amide bonds. The van der Waals surface area contributed by atoms with Gasteiger partial charge in [0.15, 0.2) is 5.82 Å². The van der Waals surface area contributed by atoms with E-state index in [0.29, 0.717) is 12.4 Å². The molecule has 1 atom stereocenters. The fraction of sp³-hybridized carbons (Fsp3) is 0.333. The molecule has 1 N–H and O–H groups in total. The highest BCUT2D eigenvalue weighted by molar-refractivity contribution is 5.56. The van der Waals surface area contributed by atoms with Gasteiger partial charge in [-0.25, -0.2) is 8.78 Å². The summed E-state index contributed by atoms with van der Waals surface area (Å²) in [6.07, 6.45) is 0. The van der Waals surface area contributed by atoms with Crippen molar-refractivity contribution in [2.45, 2.75) is 19.5 Å². The van der Waals surface area contributed by atoms with Crippen LogP contribution in [-0.4, -0.2) is 21.3 Å². The van der Waals surface area contributed by atoms with Gasteiger partial charge in [-0.15, -0.1) is 10.2 Å². The standard InChI is InChI=1S/C12H12F2N4/c1-7-11-16-17-12(18(11)5-4-15-7)9-3-2-8(13)6-10(9)14/h2-3,6-7,15H,4-5H2,1H3. The molecule has 0 spiro atoms. The van der Waals surface area contributed by atoms with E-state index in [4.69, 9.17) is 0 Å². The zero-order valence-corrected chi connectivity index (χ0v) is 9.82. The van der Waals surface area contributed by atoms with Crippen LogP contribution in [-0.2, 0) is 6.54 Å². The Bertz CT molecular complexity index is 594. The van der Waals surface area contributed by atoms with Gasteiger partial charge in [0.1, 0.15) is 17.5 Å². The zero-order chi connectivity index (χ0) is 12.7. The lowest BCUT2D eigenvalue weighted by Crippen LogP contribution is -2.32. The number of benzene rings is 1. The van der Waals surface area contributed by atoms with Crippen LogP contribution in [0.1, 0.15) is 18.8 Å². The highest BCUT2D eigenvalue weighted by Gasteiger charge is 2.23. The number of hydrogen-bond acceptors (Lipinski definition) is 3. The van der Waals surface area contributed by atoms with E-state index >= 15 is 0 Å². The van der Waals surface area contributed by atoms with Crippen LogP contribution < -0.4 is 5.32 Å². The predicted molar refractivity (Wildman–Crippen MR) is 61.8 cm³/mol. The van der Waals surface area contributed by atoms with E-state index in [9.17, 15) is 8.78 Å². The smallest absolute Gasteiger partial charge is 0.167 e. The van der Waals surface area contributed by atoms with Crippen molar-refractivity contribution in [2.24, 2.45) is 0 Å². The molecule has 0 saturated carbocycles. The van der Waals surface area contributed by atoms with Gasteiger partial charge in [-0.1, -0.05) is 0 Å². The first-order valence-corrected chi connectivity index (χ1v) is 5.78. The third-order valence-corrected chi connectivity index (χ3v) is 3.12. The number of fused-ring (bicyclic) bond motifs is 1. The van der Waals surface area contributed by atoms with Gasteiger partial charge in [0.2, 0.25) is 0 Å². The third kappa shape index (κ3) is 1.69. The van der Waals surface area contributed by atoms with Gasteiger partial charge in [-0.2, -0.15) is 0 Å². The van der Waals surface area contributed by atoms with Gasteiger partial charge < -0.3 is 9.88 Å². The summed E-state index contributed by atoms with van der Waals surface area (Å²) >= 11 is 0. The molecule has 0 bridgehead atoms. The Hall–Kier alpha value is -1.82. The van der Waals surface area contributed by atoms with Crippen molar-refractivity contribution >= 4 is 0 Å². The Labute approximate surface area is 103 Å². The quantitative estimate of drug-likeness (QED) is 0.840. The van der Waals surface area contributed by atoms with Crippen LogP contribution in [0.5, 0.6) is 0 Å². The van der Waals surface area contributed by atoms with E-state index < -0.39 is 11.6 Å². The summed E-state index contributed by atoms with van der Waals surface area (Å²) in [6, 6.07) is 3.57. The topological polar surface area (TPSA) is 42.7 Å². The summed E-state index contributed by atoms with van der Waals surface area (Å²) in [5, 5.41) is 11.3. The maximum Gasteiger partial charge on any atom is 0.167 e. The molecule has 18 heavy (non-hydrogen) atoms. The molecule has 0 aliphatic carbocycles. The van der Waals surface area contributed by atoms with Crippen molar-refractivity contribution in [3.05, 3.63) is 35.7 Å². The van der Waals surface area contributed by atoms with Crippen LogP contribution in [0.3, 0.4) is 0 Å². The molecule has 0 fully saturated rings. The van der Waals surface area contributed by atoms with Crippen molar-refractivity contribution in [1.82, 2.24) is 20.1 Å². The molecule has 1 aromatic heterocycles. The highest BCUT2D eigenvalue weighted by Crippen LogP contribution is 2.25. The lowest BCUT2D eigenvalue weighted by atomic mass is 10.2. The average molecular weight is 250 g/mol. The van der Waals surface area contributed by atoms with E-state index in [1.54, 1.807) is 0 Å². The van der Waals surface area contributed by atoms with Gasteiger partial charge in [0.05, 0.1) is 11.6 Å². The summed E-state index contributed by atoms with van der Waals surface area (Å²) in [5.41, 5.74) is 0.282. The lowest BCUT2D eigenvalue weighted by Gasteiger charge is -2.21. The number of aromatic nitrogens is 3. The Morgan fingerprint density at radius 1 is 1.33 bits per heavy atom. The highest BCUT2D eigenvalue weighted by atomic mass is 19.1. The SMILES string of the molecule is CC1NCCn2c(-c3ccc(F)cc3F)nnc21. The predicted octanol–water partition coefficient (Wildman–Crippen LogP) is 1.89. The lowest BCUT2D eigenvalue weighted by molar-refractivity contribution is 0.438. The third-order valence-electron chi connectivity index (χ3n) is 3.12. The molecule has 2 aromatic rings. The normalized spacial score (nSPS) is 18.7. The van der Waals surface area contributed by atoms with Crippen molar-refractivity contribution in [2.75, 3.05) is 6.54 Å². The molecule has 1 aliphatic heterocycles. The number of nitrogens with one attached hydrogen (secondary N) is 1. The van der Waals surface area contributed by atoms with E-state index in [1.807, 2.05) is 11.5 Å². The van der Waals surface area contributed by atoms with E-state index in [-0.39, 0.29) is 11.6 Å². The van der Waals surface area contributed by atoms with Crippen LogP contribution in [0.25, 0.3) is 11.4 Å². The van der Waals surface area contributed by atoms with Crippen LogP contribution in [0.15, 0.2) is 18.2 Å². The Kier molecular flexibility index (Phi) is 2.59. The van der Waals surface area contributed by atoms with Gasteiger partial charge in [-0.05, 0) is 19.1 Å². The molecule has 3 rings (SSSR count). The monoisotopic (exact) mass is 250 g/mol. The van der Waals surface area contributed by atoms with Crippen LogP contribution in [0.2, 0.25) is 0 Å². The number of rotatable bonds is 1. The van der Waals surface area contributed by atoms with Crippen molar-refractivity contribution in [3.8, 4) is 11.4 Å². The summed E-state index contributed by atoms with van der Waals surface area (Å²) in [5.74, 6) is 0.0249. The van der Waals surface area contributed by atoms with Crippen molar-refractivity contribution in [1.29, 1.82) is 0 Å². The first kappa shape index (κ1) is 11.3. The molecular formula is C12H12F2N4. The number of halogens is 2. The summed E-state index contributed by atoms with van der Waals surface area (Å²) in [4.78, 5) is 0. The summed E-state index contributed by atoms with van der Waals surface area (Å²) in [6.45, 7) is 3.44. The van der Waals surface area contributed by atoms with Gasteiger partial charge in [0, 0.05) is 19.2 Å². The second-order valence-corrected chi connectivity index (χ2v) is 4.33. The Balaban J connectivity index is 2.12. The second-order valence-electron chi connectivity index (χ2n) is 4.33. The zero-order valence-electron chi connectivity index (χ0n) is 9.82. The Morgan fingerprint density at radius 2 is 2.17 bits per heavy atom. The van der Waals surface area contributed by atoms with Crippen molar-refractivity contribution < 1.29 is 8.78 Å². The van der Waals surface area contributed by atoms with E-state index in [1.165, 1.54) is 12.1 Å². The fourth-order valence-electron chi connectivity index (χ4n) is 2.21. The van der Waals surface area contributed by atoms with E-state index in [2.05, 4.69) is 15.5 Å². The molecular weight excluding hydrogens is 238 g/mol. The molecule has 6 heteroatoms. The largest absolute Gasteiger partial charge is 0.308 e. The molecule has 0 radical (unpaired) electrons. The molecule has 1 aromatic carbocycles. The molecule has 1 unspecified atom stereocenters. The first-order valence-electron chi connectivity index (χ1n) is 5.78. The first-order chi connectivity index (χ1) is 8.66. The summed E-state index contributed by atoms with van der Waals surface area (Å²) < 4.78 is 28.5. The molecule has 94 valence electrons. The average Bonchev–Trinajstić information content (AvgIpc) is 2.74. The fourth-order valence-corrected chi connectivity index (χ4v) is 2.21. The molecule has 1 aliphatic rings. The molecule has 0 saturated heterocycles. The maximum absolute atomic E-state index is 13.7. The summed E-state index contributed by atoms with van der Waals surface area (Å²) in [7, 11) is 0. The minimum absolute atomic E-state index is 0.0866. The van der Waals surface area contributed by atoms with Crippen LogP contribution in [0.4, 0.5) is 8.78 Å². The van der Waals surface area contributed by atoms with Gasteiger partial charge >= 0.3 is 0 Å². The second kappa shape index (κ2) is 4.13. The number of nitrogens with zero attached hydrogens (tertiary/aromatic N) is 3. The van der Waals surface area contributed by atoms with Crippen LogP contribution in [0, 0.1) is 11.6 Å².